The van der Waals surface area contributed by atoms with Crippen LogP contribution in [0.5, 0.6) is 5.75 Å². The Labute approximate surface area is 387 Å². The molecule has 310 valence electrons. The Balaban J connectivity index is 0.00000608. The van der Waals surface area contributed by atoms with Gasteiger partial charge in [-0.3, -0.25) is 9.55 Å². The molecule has 0 radical (unpaired) electrons. The number of nitrogens with zero attached hydrogens (tertiary/aromatic N) is 3. The van der Waals surface area contributed by atoms with Crippen molar-refractivity contribution in [3.8, 4) is 78.6 Å². The summed E-state index contributed by atoms with van der Waals surface area (Å²) < 4.78 is 44.2. The van der Waals surface area contributed by atoms with E-state index in [1.165, 1.54) is 16.7 Å². The fourth-order valence-corrected chi connectivity index (χ4v) is 8.23. The fraction of sp³-hybridized carbons (Fsp3) is 0.158. The third-order valence-electron chi connectivity index (χ3n) is 11.4. The van der Waals surface area contributed by atoms with Gasteiger partial charge in [0, 0.05) is 33.0 Å². The van der Waals surface area contributed by atoms with Crippen molar-refractivity contribution in [2.75, 3.05) is 0 Å². The molecule has 0 unspecified atom stereocenters. The van der Waals surface area contributed by atoms with Crippen LogP contribution in [0.15, 0.2) is 170 Å². The first kappa shape index (κ1) is 36.3. The Bertz CT molecular complexity index is 3340. The minimum Gasteiger partial charge on any atom is -0.507 e. The Morgan fingerprint density at radius 1 is 0.613 bits per heavy atom. The van der Waals surface area contributed by atoms with Gasteiger partial charge in [-0.15, -0.1) is 29.3 Å². The van der Waals surface area contributed by atoms with Crippen molar-refractivity contribution in [2.45, 2.75) is 59.3 Å². The van der Waals surface area contributed by atoms with Gasteiger partial charge in [0.25, 0.3) is 0 Å². The van der Waals surface area contributed by atoms with Crippen LogP contribution < -0.4 is 0 Å². The first-order valence-corrected chi connectivity index (χ1v) is 20.6. The molecule has 0 bridgehead atoms. The van der Waals surface area contributed by atoms with E-state index in [0.29, 0.717) is 28.2 Å². The minimum atomic E-state index is -0.437. The summed E-state index contributed by atoms with van der Waals surface area (Å²) in [5.74, 6) is 0.705. The molecule has 0 spiro atoms. The number of para-hydroxylation sites is 2. The van der Waals surface area contributed by atoms with E-state index in [4.69, 9.17) is 16.8 Å². The molecule has 7 aromatic carbocycles. The van der Waals surface area contributed by atoms with Crippen LogP contribution in [0.1, 0.15) is 65.1 Å². The molecule has 0 aliphatic carbocycles. The number of aromatic nitrogens is 3. The fourth-order valence-electron chi connectivity index (χ4n) is 8.23. The SMILES string of the molecule is [2H]c1c([2H])c([2H])c(-c2ccnc(-c3[c-]c(-c4cccc5c4nc(-c4ccccc4O)n5-c4ccc(-c5c(-c6ccccc6)cccc5C(C)(C)C)cc4C)cc(C(C)(C)C)c3)c2)c([2H])c1[2H].[Pt]. The van der Waals surface area contributed by atoms with E-state index in [1.807, 2.05) is 36.4 Å². The first-order chi connectivity index (χ1) is 31.4. The number of benzene rings is 7. The summed E-state index contributed by atoms with van der Waals surface area (Å²) in [6.07, 6.45) is 1.60. The summed E-state index contributed by atoms with van der Waals surface area (Å²) >= 11 is 0. The summed E-state index contributed by atoms with van der Waals surface area (Å²) in [5, 5.41) is 11.4. The van der Waals surface area contributed by atoms with Crippen molar-refractivity contribution in [3.05, 3.63) is 193 Å². The van der Waals surface area contributed by atoms with Crippen molar-refractivity contribution < 1.29 is 33.0 Å². The zero-order valence-electron chi connectivity index (χ0n) is 40.9. The standard InChI is InChI=1S/C57H50N3O.Pt/c1-37-32-41(53-45(39-20-12-9-13-21-39)23-16-25-48(53)57(5,6)7)28-29-50(37)60-51-26-17-24-46(54(51)59-55(60)47-22-14-15-27-52(47)61)42-33-43(35-44(34-42)56(2,3)4)49-36-40(30-31-58-49)38-18-10-8-11-19-38;/h8-32,34-36,61H,1-7H3;/q-1;/i8D,10D,11D,18D,19D;. The molecule has 62 heavy (non-hydrogen) atoms. The van der Waals surface area contributed by atoms with Gasteiger partial charge in [0.1, 0.15) is 11.6 Å². The Kier molecular flexibility index (Phi) is 9.86. The van der Waals surface area contributed by atoms with E-state index >= 15 is 0 Å². The maximum absolute atomic E-state index is 11.4. The predicted molar refractivity (Wildman–Crippen MR) is 254 cm³/mol. The van der Waals surface area contributed by atoms with Crippen LogP contribution in [0, 0.1) is 13.0 Å². The maximum atomic E-state index is 11.4. The molecule has 0 saturated heterocycles. The number of phenolic OH excluding ortho intramolecular Hbond substituents is 1. The molecule has 0 fully saturated rings. The van der Waals surface area contributed by atoms with Gasteiger partial charge < -0.3 is 5.11 Å². The molecule has 1 N–H and O–H groups in total. The van der Waals surface area contributed by atoms with Gasteiger partial charge in [0.2, 0.25) is 0 Å². The number of fused-ring (bicyclic) bond motifs is 1. The number of rotatable bonds is 7. The molecule has 2 aromatic heterocycles. The topological polar surface area (TPSA) is 50.9 Å². The summed E-state index contributed by atoms with van der Waals surface area (Å²) in [6.45, 7) is 15.3. The molecule has 4 nitrogen and oxygen atoms in total. The second-order valence-electron chi connectivity index (χ2n) is 17.7. The van der Waals surface area contributed by atoms with Crippen LogP contribution in [0.4, 0.5) is 0 Å². The molecule has 0 saturated carbocycles. The minimum absolute atomic E-state index is 0. The average Bonchev–Trinajstić information content (AvgIpc) is 3.69. The van der Waals surface area contributed by atoms with Gasteiger partial charge in [-0.05, 0) is 98.7 Å². The quantitative estimate of drug-likeness (QED) is 0.162. The summed E-state index contributed by atoms with van der Waals surface area (Å²) in [5.41, 5.74) is 14.0. The van der Waals surface area contributed by atoms with E-state index in [1.54, 1.807) is 24.4 Å². The van der Waals surface area contributed by atoms with Crippen molar-refractivity contribution in [1.82, 2.24) is 14.5 Å². The zero-order valence-corrected chi connectivity index (χ0v) is 38.2. The Hall–Kier alpha value is -6.35. The number of aromatic hydroxyl groups is 1. The van der Waals surface area contributed by atoms with Crippen LogP contribution in [-0.2, 0) is 31.9 Å². The van der Waals surface area contributed by atoms with Crippen LogP contribution in [0.3, 0.4) is 0 Å². The summed E-state index contributed by atoms with van der Waals surface area (Å²) in [7, 11) is 0. The number of aryl methyl sites for hydroxylation is 1. The van der Waals surface area contributed by atoms with Crippen LogP contribution in [-0.4, -0.2) is 19.6 Å². The zero-order chi connectivity index (χ0) is 46.8. The molecule has 0 atom stereocenters. The first-order valence-electron chi connectivity index (χ1n) is 23.1. The normalized spacial score (nSPS) is 12.9. The van der Waals surface area contributed by atoms with Gasteiger partial charge in [-0.2, -0.15) is 0 Å². The van der Waals surface area contributed by atoms with E-state index in [0.717, 1.165) is 50.1 Å². The molecule has 0 amide bonds. The Morgan fingerprint density at radius 3 is 2.03 bits per heavy atom. The number of pyridine rings is 1. The maximum Gasteiger partial charge on any atom is 0.148 e. The number of imidazole rings is 1. The number of phenols is 1. The summed E-state index contributed by atoms with van der Waals surface area (Å²) in [4.78, 5) is 10.1. The van der Waals surface area contributed by atoms with Crippen LogP contribution in [0.2, 0.25) is 0 Å². The van der Waals surface area contributed by atoms with E-state index < -0.39 is 18.1 Å². The third-order valence-corrected chi connectivity index (χ3v) is 11.4. The second-order valence-corrected chi connectivity index (χ2v) is 17.7. The summed E-state index contributed by atoms with van der Waals surface area (Å²) in [6, 6.07) is 46.6. The molecule has 9 rings (SSSR count). The van der Waals surface area contributed by atoms with Crippen molar-refractivity contribution in [1.29, 1.82) is 0 Å². The molecule has 2 heterocycles. The second kappa shape index (κ2) is 16.8. The largest absolute Gasteiger partial charge is 0.507 e. The Morgan fingerprint density at radius 2 is 1.31 bits per heavy atom. The van der Waals surface area contributed by atoms with Gasteiger partial charge in [-0.1, -0.05) is 168 Å². The smallest absolute Gasteiger partial charge is 0.148 e. The van der Waals surface area contributed by atoms with Crippen LogP contribution in [0.25, 0.3) is 83.9 Å². The molecule has 0 aliphatic heterocycles. The van der Waals surface area contributed by atoms with E-state index in [9.17, 15) is 5.11 Å². The van der Waals surface area contributed by atoms with Gasteiger partial charge in [-0.25, -0.2) is 4.98 Å². The third kappa shape index (κ3) is 8.08. The van der Waals surface area contributed by atoms with Gasteiger partial charge in [0.15, 0.2) is 0 Å². The van der Waals surface area contributed by atoms with Crippen molar-refractivity contribution in [2.24, 2.45) is 0 Å². The number of hydrogen-bond donors (Lipinski definition) is 1. The van der Waals surface area contributed by atoms with Crippen molar-refractivity contribution in [3.63, 3.8) is 0 Å². The van der Waals surface area contributed by atoms with Crippen molar-refractivity contribution >= 4 is 11.0 Å². The van der Waals surface area contributed by atoms with Gasteiger partial charge in [0.05, 0.1) is 29.1 Å². The number of hydrogen-bond acceptors (Lipinski definition) is 3. The average molecular weight is 993 g/mol. The molecular weight excluding hydrogens is 938 g/mol. The van der Waals surface area contributed by atoms with E-state index in [-0.39, 0.29) is 55.3 Å². The predicted octanol–water partition coefficient (Wildman–Crippen LogP) is 14.8. The monoisotopic (exact) mass is 992 g/mol. The van der Waals surface area contributed by atoms with Gasteiger partial charge >= 0.3 is 0 Å². The molecule has 5 heteroatoms. The molecule has 0 aliphatic rings. The van der Waals surface area contributed by atoms with E-state index in [2.05, 4.69) is 138 Å². The molecular formula is C57H50N3OPt-. The van der Waals surface area contributed by atoms with Crippen LogP contribution >= 0.6 is 0 Å². The molecule has 9 aromatic rings.